The molecule has 1 aromatic carbocycles. The van der Waals surface area contributed by atoms with E-state index in [0.29, 0.717) is 26.2 Å². The summed E-state index contributed by atoms with van der Waals surface area (Å²) in [5.41, 5.74) is 0. The van der Waals surface area contributed by atoms with Crippen molar-refractivity contribution in [2.45, 2.75) is 17.1 Å². The third kappa shape index (κ3) is 5.88. The van der Waals surface area contributed by atoms with Crippen LogP contribution in [0.1, 0.15) is 0 Å². The molecule has 24 heavy (non-hydrogen) atoms. The van der Waals surface area contributed by atoms with Crippen molar-refractivity contribution in [3.05, 3.63) is 24.3 Å². The van der Waals surface area contributed by atoms with E-state index in [9.17, 15) is 23.1 Å². The fourth-order valence-electron chi connectivity index (χ4n) is 2.40. The van der Waals surface area contributed by atoms with Crippen LogP contribution in [0.4, 0.5) is 13.2 Å². The van der Waals surface area contributed by atoms with Gasteiger partial charge in [0.1, 0.15) is 11.8 Å². The number of thioether (sulfide) groups is 1. The molecular weight excluding hydrogens is 343 g/mol. The van der Waals surface area contributed by atoms with E-state index >= 15 is 0 Å². The van der Waals surface area contributed by atoms with Crippen molar-refractivity contribution in [3.8, 4) is 5.75 Å². The van der Waals surface area contributed by atoms with Crippen LogP contribution in [0.15, 0.2) is 29.2 Å². The largest absolute Gasteiger partial charge is 0.508 e. The van der Waals surface area contributed by atoms with Gasteiger partial charge in [-0.25, -0.2) is 0 Å². The second kappa shape index (κ2) is 8.59. The van der Waals surface area contributed by atoms with Gasteiger partial charge in [-0.15, -0.1) is 11.8 Å². The normalized spacial score (nSPS) is 17.5. The fourth-order valence-corrected chi connectivity index (χ4v) is 3.13. The van der Waals surface area contributed by atoms with Gasteiger partial charge in [0, 0.05) is 37.6 Å². The summed E-state index contributed by atoms with van der Waals surface area (Å²) in [7, 11) is 0. The number of nitrogens with zero attached hydrogens (tertiary/aromatic N) is 1. The van der Waals surface area contributed by atoms with Gasteiger partial charge in [0.2, 0.25) is 5.91 Å². The molecule has 5 nitrogen and oxygen atoms in total. The van der Waals surface area contributed by atoms with Gasteiger partial charge in [-0.1, -0.05) is 0 Å². The summed E-state index contributed by atoms with van der Waals surface area (Å²) in [5.74, 6) is -0.304. The number of aromatic hydroxyl groups is 1. The Hall–Kier alpha value is -1.45. The van der Waals surface area contributed by atoms with Gasteiger partial charge in [-0.2, -0.15) is 13.2 Å². The average molecular weight is 363 g/mol. The summed E-state index contributed by atoms with van der Waals surface area (Å²) in [5, 5.41) is 14.6. The number of nitrogens with one attached hydrogen (secondary N) is 2. The Morgan fingerprint density at radius 3 is 2.50 bits per heavy atom. The highest BCUT2D eigenvalue weighted by Crippen LogP contribution is 2.25. The molecule has 2 rings (SSSR count). The second-order valence-corrected chi connectivity index (χ2v) is 6.48. The highest BCUT2D eigenvalue weighted by atomic mass is 32.2. The molecule has 0 aliphatic carbocycles. The predicted octanol–water partition coefficient (Wildman–Crippen LogP) is 1.44. The highest BCUT2D eigenvalue weighted by molar-refractivity contribution is 8.00. The molecule has 0 saturated carbocycles. The topological polar surface area (TPSA) is 64.6 Å². The van der Waals surface area contributed by atoms with E-state index in [2.05, 4.69) is 10.6 Å². The maximum absolute atomic E-state index is 13.2. The van der Waals surface area contributed by atoms with E-state index in [1.165, 1.54) is 28.8 Å². The zero-order valence-corrected chi connectivity index (χ0v) is 13.8. The number of phenolic OH excluding ortho intramolecular Hbond substituents is 1. The van der Waals surface area contributed by atoms with Gasteiger partial charge >= 0.3 is 6.18 Å². The van der Waals surface area contributed by atoms with Crippen LogP contribution in [-0.2, 0) is 4.79 Å². The monoisotopic (exact) mass is 363 g/mol. The van der Waals surface area contributed by atoms with Crippen LogP contribution in [0.25, 0.3) is 0 Å². The minimum atomic E-state index is -4.38. The number of halogens is 3. The van der Waals surface area contributed by atoms with Crippen molar-refractivity contribution in [1.82, 2.24) is 15.5 Å². The van der Waals surface area contributed by atoms with Crippen LogP contribution < -0.4 is 10.6 Å². The van der Waals surface area contributed by atoms with E-state index in [1.54, 1.807) is 12.1 Å². The second-order valence-electron chi connectivity index (χ2n) is 5.43. The van der Waals surface area contributed by atoms with Crippen molar-refractivity contribution < 1.29 is 23.1 Å². The fraction of sp³-hybridized carbons (Fsp3) is 0.533. The van der Waals surface area contributed by atoms with Gasteiger partial charge in [0.25, 0.3) is 0 Å². The summed E-state index contributed by atoms with van der Waals surface area (Å²) in [6.07, 6.45) is -4.38. The van der Waals surface area contributed by atoms with Crippen molar-refractivity contribution in [1.29, 1.82) is 0 Å². The van der Waals surface area contributed by atoms with Crippen LogP contribution in [0.5, 0.6) is 5.75 Å². The van der Waals surface area contributed by atoms with Crippen molar-refractivity contribution in [2.24, 2.45) is 0 Å². The van der Waals surface area contributed by atoms with E-state index < -0.39 is 24.7 Å². The molecule has 3 N–H and O–H groups in total. The number of amides is 1. The lowest BCUT2D eigenvalue weighted by atomic mass is 10.2. The highest BCUT2D eigenvalue weighted by Gasteiger charge is 2.43. The van der Waals surface area contributed by atoms with Gasteiger partial charge in [-0.05, 0) is 24.3 Å². The third-order valence-corrected chi connectivity index (χ3v) is 4.68. The maximum Gasteiger partial charge on any atom is 0.405 e. The number of hydrogen-bond acceptors (Lipinski definition) is 5. The molecule has 1 unspecified atom stereocenters. The summed E-state index contributed by atoms with van der Waals surface area (Å²) in [6.45, 7) is 1.19. The lowest BCUT2D eigenvalue weighted by molar-refractivity contribution is -0.183. The molecule has 1 saturated heterocycles. The number of phenols is 1. The minimum Gasteiger partial charge on any atom is -0.508 e. The molecule has 1 aliphatic heterocycles. The Labute approximate surface area is 142 Å². The van der Waals surface area contributed by atoms with Crippen molar-refractivity contribution in [3.63, 3.8) is 0 Å². The number of benzene rings is 1. The Balaban J connectivity index is 1.81. The van der Waals surface area contributed by atoms with Crippen LogP contribution in [-0.4, -0.2) is 66.6 Å². The van der Waals surface area contributed by atoms with Crippen LogP contribution in [0.2, 0.25) is 0 Å². The molecule has 1 atom stereocenters. The Morgan fingerprint density at radius 2 is 1.92 bits per heavy atom. The van der Waals surface area contributed by atoms with Crippen LogP contribution in [0.3, 0.4) is 0 Å². The first kappa shape index (κ1) is 18.9. The van der Waals surface area contributed by atoms with E-state index in [4.69, 9.17) is 0 Å². The quantitative estimate of drug-likeness (QED) is 0.668. The predicted molar refractivity (Wildman–Crippen MR) is 86.1 cm³/mol. The summed E-state index contributed by atoms with van der Waals surface area (Å²) in [6, 6.07) is 4.61. The molecule has 134 valence electrons. The summed E-state index contributed by atoms with van der Waals surface area (Å²) >= 11 is 1.20. The van der Waals surface area contributed by atoms with Gasteiger partial charge in [0.15, 0.2) is 0 Å². The lowest BCUT2D eigenvalue weighted by Crippen LogP contribution is -2.57. The third-order valence-electron chi connectivity index (χ3n) is 3.67. The first-order chi connectivity index (χ1) is 11.4. The van der Waals surface area contributed by atoms with Gasteiger partial charge < -0.3 is 15.7 Å². The number of hydrogen-bond donors (Lipinski definition) is 3. The maximum atomic E-state index is 13.2. The zero-order valence-electron chi connectivity index (χ0n) is 13.0. The van der Waals surface area contributed by atoms with E-state index in [-0.39, 0.29) is 11.5 Å². The Kier molecular flexibility index (Phi) is 6.76. The van der Waals surface area contributed by atoms with Gasteiger partial charge in [-0.3, -0.25) is 9.69 Å². The first-order valence-electron chi connectivity index (χ1n) is 7.56. The average Bonchev–Trinajstić information content (AvgIpc) is 2.54. The van der Waals surface area contributed by atoms with Crippen molar-refractivity contribution in [2.75, 3.05) is 38.5 Å². The number of carbonyl (C=O) groups excluding carboxylic acids is 1. The molecule has 1 aromatic rings. The van der Waals surface area contributed by atoms with Crippen LogP contribution in [0, 0.1) is 0 Å². The number of alkyl halides is 3. The standard InChI is InChI=1S/C15H20F3N3O2S/c16-15(17,18)13(21-7-5-19-6-8-21)9-20-14(23)10-24-12-3-1-11(22)2-4-12/h1-4,13,19,22H,5-10H2,(H,20,23). The Bertz CT molecular complexity index is 534. The summed E-state index contributed by atoms with van der Waals surface area (Å²) < 4.78 is 39.6. The minimum absolute atomic E-state index is 0.0247. The molecule has 1 amide bonds. The first-order valence-corrected chi connectivity index (χ1v) is 8.55. The molecule has 9 heteroatoms. The van der Waals surface area contributed by atoms with Crippen molar-refractivity contribution >= 4 is 17.7 Å². The van der Waals surface area contributed by atoms with E-state index in [1.807, 2.05) is 0 Å². The van der Waals surface area contributed by atoms with Crippen LogP contribution >= 0.6 is 11.8 Å². The molecule has 1 heterocycles. The Morgan fingerprint density at radius 1 is 1.29 bits per heavy atom. The lowest BCUT2D eigenvalue weighted by Gasteiger charge is -2.35. The summed E-state index contributed by atoms with van der Waals surface area (Å²) in [4.78, 5) is 13.9. The number of carbonyl (C=O) groups is 1. The molecule has 1 fully saturated rings. The number of piperazine rings is 1. The molecule has 0 radical (unpaired) electrons. The smallest absolute Gasteiger partial charge is 0.405 e. The molecule has 0 aromatic heterocycles. The van der Waals surface area contributed by atoms with Gasteiger partial charge in [0.05, 0.1) is 5.75 Å². The molecular formula is C15H20F3N3O2S. The molecule has 1 aliphatic rings. The zero-order chi connectivity index (χ0) is 17.6. The SMILES string of the molecule is O=C(CSc1ccc(O)cc1)NCC(N1CCNCC1)C(F)(F)F. The molecule has 0 spiro atoms. The number of rotatable bonds is 6. The van der Waals surface area contributed by atoms with E-state index in [0.717, 1.165) is 4.90 Å². The molecule has 0 bridgehead atoms.